The molecule has 0 radical (unpaired) electrons. The molecule has 2 nitrogen and oxygen atoms in total. The summed E-state index contributed by atoms with van der Waals surface area (Å²) in [5.41, 5.74) is 8.57. The van der Waals surface area contributed by atoms with Gasteiger partial charge in [0.05, 0.1) is 15.2 Å². The van der Waals surface area contributed by atoms with E-state index in [1.54, 1.807) is 17.4 Å². The molecular weight excluding hydrogens is 259 g/mol. The van der Waals surface area contributed by atoms with Crippen molar-refractivity contribution in [3.05, 3.63) is 64.4 Å². The summed E-state index contributed by atoms with van der Waals surface area (Å²) in [6.45, 7) is 0.345. The van der Waals surface area contributed by atoms with Crippen molar-refractivity contribution < 1.29 is 4.39 Å². The Hall–Kier alpha value is -1.78. The second-order valence-corrected chi connectivity index (χ2v) is 5.48. The normalized spacial score (nSPS) is 11.1. The van der Waals surface area contributed by atoms with Crippen LogP contribution < -0.4 is 5.73 Å². The molecule has 0 saturated carbocycles. The summed E-state index contributed by atoms with van der Waals surface area (Å²) in [5.74, 6) is -0.242. The van der Waals surface area contributed by atoms with E-state index >= 15 is 0 Å². The highest BCUT2D eigenvalue weighted by Crippen LogP contribution is 2.24. The molecule has 1 heterocycles. The second-order valence-electron chi connectivity index (χ2n) is 4.37. The molecule has 3 rings (SSSR count). The minimum atomic E-state index is -0.242. The van der Waals surface area contributed by atoms with Gasteiger partial charge in [0.15, 0.2) is 0 Å². The molecule has 0 aliphatic heterocycles. The number of benzene rings is 2. The Bertz CT molecular complexity index is 688. The fraction of sp³-hybridized carbons (Fsp3) is 0.133. The lowest BCUT2D eigenvalue weighted by atomic mass is 10.0. The second kappa shape index (κ2) is 5.07. The van der Waals surface area contributed by atoms with Crippen LogP contribution >= 0.6 is 11.3 Å². The van der Waals surface area contributed by atoms with E-state index < -0.39 is 0 Å². The molecule has 0 unspecified atom stereocenters. The summed E-state index contributed by atoms with van der Waals surface area (Å²) in [6, 6.07) is 12.8. The molecule has 0 aliphatic carbocycles. The van der Waals surface area contributed by atoms with E-state index in [0.717, 1.165) is 21.7 Å². The van der Waals surface area contributed by atoms with E-state index in [1.807, 2.05) is 18.2 Å². The predicted octanol–water partition coefficient (Wildman–Crippen LogP) is 3.48. The van der Waals surface area contributed by atoms with E-state index in [1.165, 1.54) is 16.8 Å². The summed E-state index contributed by atoms with van der Waals surface area (Å²) in [7, 11) is 0. The first-order valence-electron chi connectivity index (χ1n) is 6.08. The molecule has 1 aromatic heterocycles. The maximum absolute atomic E-state index is 13.2. The van der Waals surface area contributed by atoms with Crippen molar-refractivity contribution in [3.63, 3.8) is 0 Å². The Morgan fingerprint density at radius 3 is 2.74 bits per heavy atom. The van der Waals surface area contributed by atoms with Gasteiger partial charge in [0.1, 0.15) is 5.82 Å². The summed E-state index contributed by atoms with van der Waals surface area (Å²) < 4.78 is 14.3. The molecule has 0 atom stereocenters. The molecule has 0 fully saturated rings. The Kier molecular flexibility index (Phi) is 3.27. The fourth-order valence-corrected chi connectivity index (χ4v) is 3.11. The van der Waals surface area contributed by atoms with E-state index in [4.69, 9.17) is 5.73 Å². The molecular formula is C15H13FN2S. The predicted molar refractivity (Wildman–Crippen MR) is 76.7 cm³/mol. The van der Waals surface area contributed by atoms with Gasteiger partial charge in [0.2, 0.25) is 0 Å². The molecule has 0 amide bonds. The van der Waals surface area contributed by atoms with E-state index in [-0.39, 0.29) is 5.82 Å². The van der Waals surface area contributed by atoms with Crippen LogP contribution in [-0.4, -0.2) is 4.98 Å². The van der Waals surface area contributed by atoms with Gasteiger partial charge in [-0.05, 0) is 35.4 Å². The van der Waals surface area contributed by atoms with Gasteiger partial charge in [0, 0.05) is 13.0 Å². The van der Waals surface area contributed by atoms with Gasteiger partial charge in [-0.2, -0.15) is 0 Å². The van der Waals surface area contributed by atoms with Gasteiger partial charge < -0.3 is 5.73 Å². The summed E-state index contributed by atoms with van der Waals surface area (Å²) in [5, 5.41) is 1.03. The van der Waals surface area contributed by atoms with Crippen molar-refractivity contribution in [2.45, 2.75) is 13.0 Å². The number of aromatic nitrogens is 1. The smallest absolute Gasteiger partial charge is 0.123 e. The first-order valence-corrected chi connectivity index (χ1v) is 6.90. The molecule has 96 valence electrons. The van der Waals surface area contributed by atoms with Crippen molar-refractivity contribution in [2.75, 3.05) is 0 Å². The molecule has 0 aliphatic rings. The molecule has 4 heteroatoms. The van der Waals surface area contributed by atoms with Crippen LogP contribution in [0.4, 0.5) is 4.39 Å². The average molecular weight is 272 g/mol. The largest absolute Gasteiger partial charge is 0.326 e. The zero-order valence-corrected chi connectivity index (χ0v) is 11.1. The third-order valence-corrected chi connectivity index (χ3v) is 4.10. The van der Waals surface area contributed by atoms with Crippen LogP contribution in [0.3, 0.4) is 0 Å². The number of thiazole rings is 1. The zero-order valence-electron chi connectivity index (χ0n) is 10.3. The number of hydrogen-bond acceptors (Lipinski definition) is 3. The van der Waals surface area contributed by atoms with Gasteiger partial charge in [-0.15, -0.1) is 11.3 Å². The Morgan fingerprint density at radius 2 is 1.95 bits per heavy atom. The van der Waals surface area contributed by atoms with Gasteiger partial charge in [-0.1, -0.05) is 18.2 Å². The Morgan fingerprint density at radius 1 is 1.11 bits per heavy atom. The summed E-state index contributed by atoms with van der Waals surface area (Å²) >= 11 is 1.67. The van der Waals surface area contributed by atoms with Crippen molar-refractivity contribution in [1.82, 2.24) is 4.98 Å². The summed E-state index contributed by atoms with van der Waals surface area (Å²) in [4.78, 5) is 4.59. The fourth-order valence-electron chi connectivity index (χ4n) is 2.12. The number of para-hydroxylation sites is 1. The number of nitrogens with two attached hydrogens (primary N) is 1. The van der Waals surface area contributed by atoms with Crippen LogP contribution in [0, 0.1) is 5.82 Å². The van der Waals surface area contributed by atoms with Crippen LogP contribution in [0.25, 0.3) is 10.2 Å². The number of halogens is 1. The highest BCUT2D eigenvalue weighted by molar-refractivity contribution is 7.18. The van der Waals surface area contributed by atoms with E-state index in [2.05, 4.69) is 11.1 Å². The first-order chi connectivity index (χ1) is 9.26. The quantitative estimate of drug-likeness (QED) is 0.792. The lowest BCUT2D eigenvalue weighted by Gasteiger charge is -2.05. The number of nitrogens with zero attached hydrogens (tertiary/aromatic N) is 1. The monoisotopic (exact) mass is 272 g/mol. The van der Waals surface area contributed by atoms with E-state index in [0.29, 0.717) is 13.0 Å². The minimum absolute atomic E-state index is 0.242. The highest BCUT2D eigenvalue weighted by atomic mass is 32.1. The van der Waals surface area contributed by atoms with Crippen LogP contribution in [0.2, 0.25) is 0 Å². The molecule has 19 heavy (non-hydrogen) atoms. The molecule has 2 N–H and O–H groups in total. The van der Waals surface area contributed by atoms with Crippen molar-refractivity contribution in [2.24, 2.45) is 5.73 Å². The van der Waals surface area contributed by atoms with Crippen LogP contribution in [-0.2, 0) is 13.0 Å². The molecule has 0 spiro atoms. The molecule has 0 saturated heterocycles. The van der Waals surface area contributed by atoms with Crippen LogP contribution in [0.15, 0.2) is 42.5 Å². The Labute approximate surface area is 114 Å². The Balaban J connectivity index is 1.96. The zero-order chi connectivity index (χ0) is 13.2. The van der Waals surface area contributed by atoms with Gasteiger partial charge in [-0.25, -0.2) is 9.37 Å². The minimum Gasteiger partial charge on any atom is -0.326 e. The van der Waals surface area contributed by atoms with Crippen molar-refractivity contribution >= 4 is 21.6 Å². The SMILES string of the molecule is NCc1cc(F)ccc1Cc1nc2ccccc2s1. The lowest BCUT2D eigenvalue weighted by Crippen LogP contribution is -2.02. The van der Waals surface area contributed by atoms with Crippen LogP contribution in [0.5, 0.6) is 0 Å². The maximum atomic E-state index is 13.2. The maximum Gasteiger partial charge on any atom is 0.123 e. The third kappa shape index (κ3) is 2.50. The number of fused-ring (bicyclic) bond motifs is 1. The topological polar surface area (TPSA) is 38.9 Å². The highest BCUT2D eigenvalue weighted by Gasteiger charge is 2.08. The van der Waals surface area contributed by atoms with Gasteiger partial charge >= 0.3 is 0 Å². The summed E-state index contributed by atoms with van der Waals surface area (Å²) in [6.07, 6.45) is 0.701. The standard InChI is InChI=1S/C15H13FN2S/c16-12-6-5-10(11(7-12)9-17)8-15-18-13-3-1-2-4-14(13)19-15/h1-7H,8-9,17H2. The van der Waals surface area contributed by atoms with Crippen LogP contribution in [0.1, 0.15) is 16.1 Å². The van der Waals surface area contributed by atoms with Crippen molar-refractivity contribution in [1.29, 1.82) is 0 Å². The average Bonchev–Trinajstić information content (AvgIpc) is 2.83. The molecule has 2 aromatic carbocycles. The first kappa shape index (κ1) is 12.3. The van der Waals surface area contributed by atoms with Gasteiger partial charge in [-0.3, -0.25) is 0 Å². The number of hydrogen-bond donors (Lipinski definition) is 1. The van der Waals surface area contributed by atoms with Crippen molar-refractivity contribution in [3.8, 4) is 0 Å². The molecule has 3 aromatic rings. The lowest BCUT2D eigenvalue weighted by molar-refractivity contribution is 0.624. The molecule has 0 bridgehead atoms. The third-order valence-electron chi connectivity index (χ3n) is 3.07. The number of rotatable bonds is 3. The van der Waals surface area contributed by atoms with E-state index in [9.17, 15) is 4.39 Å². The van der Waals surface area contributed by atoms with Gasteiger partial charge in [0.25, 0.3) is 0 Å².